The van der Waals surface area contributed by atoms with Crippen LogP contribution in [-0.4, -0.2) is 36.6 Å². The van der Waals surface area contributed by atoms with E-state index in [9.17, 15) is 0 Å². The fourth-order valence-corrected chi connectivity index (χ4v) is 14.0. The molecule has 0 unspecified atom stereocenters. The van der Waals surface area contributed by atoms with Gasteiger partial charge in [-0.3, -0.25) is 0 Å². The quantitative estimate of drug-likeness (QED) is 0.0280. The van der Waals surface area contributed by atoms with Crippen LogP contribution in [0.3, 0.4) is 0 Å². The van der Waals surface area contributed by atoms with E-state index in [2.05, 4.69) is 154 Å². The lowest BCUT2D eigenvalue weighted by Gasteiger charge is -2.15. The van der Waals surface area contributed by atoms with E-state index in [0.29, 0.717) is 33.4 Å². The first-order valence-electron chi connectivity index (χ1n) is 44.7. The second kappa shape index (κ2) is 55.2. The molecule has 0 bridgehead atoms. The minimum Gasteiger partial charge on any atom is -0.491 e. The summed E-state index contributed by atoms with van der Waals surface area (Å²) in [7, 11) is 0. The molecule has 7 aromatic rings. The van der Waals surface area contributed by atoms with Gasteiger partial charge in [-0.1, -0.05) is 267 Å². The van der Waals surface area contributed by atoms with Crippen LogP contribution in [0.2, 0.25) is 0 Å². The lowest BCUT2D eigenvalue weighted by molar-refractivity contribution is 0.206. The third-order valence-corrected chi connectivity index (χ3v) is 20.9. The molecule has 0 saturated heterocycles. The molecule has 0 spiro atoms. The minimum absolute atomic E-state index is 0.0768. The van der Waals surface area contributed by atoms with Crippen molar-refractivity contribution in [3.8, 4) is 106 Å². The normalized spacial score (nSPS) is 12.3. The Hall–Kier alpha value is -9.30. The molecule has 0 aromatic heterocycles. The van der Waals surface area contributed by atoms with E-state index in [4.69, 9.17) is 28.4 Å². The highest BCUT2D eigenvalue weighted by atomic mass is 16.5. The fourth-order valence-electron chi connectivity index (χ4n) is 14.0. The van der Waals surface area contributed by atoms with Gasteiger partial charge in [-0.05, 0) is 264 Å². The number of hydrogen-bond acceptors (Lipinski definition) is 6. The zero-order valence-electron chi connectivity index (χ0n) is 72.2. The predicted molar refractivity (Wildman–Crippen MR) is 482 cm³/mol. The van der Waals surface area contributed by atoms with Crippen LogP contribution in [0, 0.1) is 71.0 Å². The standard InChI is InChI=1S/C108H138O6/c1-13-19-25-31-37-43-85(7)109-97-67-49-91(50-68-97)61-79-103-104(80-62-92-51-69-98(70-52-92)110-86(8)44-38-32-26-20-14-2)106(82-64-94-55-73-100(74-56-94)112-88(10)46-40-34-28-22-16-4)108(84-66-96-59-77-102(78-60-96)114-90(12)48-42-36-30-24-18-6)107(83-65-95-57-75-101(76-58-95)113-89(11)47-41-35-29-23-17-5)105(103)81-63-93-53-71-99(72-54-93)111-87(9)45-39-33-27-21-15-3/h49-60,67-78,85-90H,13-48H2,1-12H3/t85-,86-,87-,88-,89-,90-/m0/s1. The van der Waals surface area contributed by atoms with Gasteiger partial charge >= 0.3 is 0 Å². The first-order valence-corrected chi connectivity index (χ1v) is 44.7. The van der Waals surface area contributed by atoms with Crippen LogP contribution in [0.5, 0.6) is 34.5 Å². The van der Waals surface area contributed by atoms with Gasteiger partial charge in [0, 0.05) is 33.4 Å². The van der Waals surface area contributed by atoms with Crippen LogP contribution < -0.4 is 28.4 Å². The highest BCUT2D eigenvalue weighted by Gasteiger charge is 2.22. The van der Waals surface area contributed by atoms with Gasteiger partial charge in [0.25, 0.3) is 0 Å². The Morgan fingerprint density at radius 1 is 0.167 bits per heavy atom. The van der Waals surface area contributed by atoms with Crippen molar-refractivity contribution in [2.45, 2.75) is 351 Å². The number of rotatable bonds is 48. The van der Waals surface area contributed by atoms with Crippen LogP contribution in [0.15, 0.2) is 146 Å². The van der Waals surface area contributed by atoms with Crippen LogP contribution in [-0.2, 0) is 0 Å². The Bertz CT molecular complexity index is 3510. The van der Waals surface area contributed by atoms with Gasteiger partial charge in [0.2, 0.25) is 0 Å². The lowest BCUT2D eigenvalue weighted by Crippen LogP contribution is -2.11. The van der Waals surface area contributed by atoms with Gasteiger partial charge < -0.3 is 28.4 Å². The molecule has 7 rings (SSSR count). The lowest BCUT2D eigenvalue weighted by atomic mass is 9.86. The van der Waals surface area contributed by atoms with Gasteiger partial charge in [0.15, 0.2) is 0 Å². The molecule has 6 heteroatoms. The van der Waals surface area contributed by atoms with Crippen molar-refractivity contribution in [2.75, 3.05) is 0 Å². The summed E-state index contributed by atoms with van der Waals surface area (Å²) >= 11 is 0. The van der Waals surface area contributed by atoms with Crippen molar-refractivity contribution in [3.63, 3.8) is 0 Å². The zero-order chi connectivity index (χ0) is 81.0. The smallest absolute Gasteiger partial charge is 0.119 e. The molecule has 606 valence electrons. The van der Waals surface area contributed by atoms with Crippen molar-refractivity contribution >= 4 is 0 Å². The Kier molecular flexibility index (Phi) is 44.5. The average molecular weight is 1530 g/mol. The van der Waals surface area contributed by atoms with Gasteiger partial charge in [-0.2, -0.15) is 0 Å². The number of benzene rings is 7. The molecule has 7 aromatic carbocycles. The predicted octanol–water partition coefficient (Wildman–Crippen LogP) is 28.9. The molecular weight excluding hydrogens is 1390 g/mol. The molecule has 114 heavy (non-hydrogen) atoms. The number of hydrogen-bond donors (Lipinski definition) is 0. The molecule has 0 amide bonds. The Morgan fingerprint density at radius 3 is 0.412 bits per heavy atom. The number of unbranched alkanes of at least 4 members (excludes halogenated alkanes) is 24. The first kappa shape index (κ1) is 91.9. The van der Waals surface area contributed by atoms with Gasteiger partial charge in [0.1, 0.15) is 34.5 Å². The molecule has 0 saturated carbocycles. The summed E-state index contributed by atoms with van der Waals surface area (Å²) in [5, 5.41) is 0. The van der Waals surface area contributed by atoms with Gasteiger partial charge in [-0.25, -0.2) is 0 Å². The highest BCUT2D eigenvalue weighted by Crippen LogP contribution is 2.31. The number of ether oxygens (including phenoxy) is 6. The zero-order valence-corrected chi connectivity index (χ0v) is 72.2. The van der Waals surface area contributed by atoms with E-state index in [0.717, 1.165) is 145 Å². The topological polar surface area (TPSA) is 55.4 Å². The SMILES string of the molecule is CCCCCCC[C@H](C)Oc1ccc(C#Cc2c(C#Cc3ccc(O[C@@H](C)CCCCCCC)cc3)c(C#Cc3ccc(O[C@@H](C)CCCCCCC)cc3)c(C#Cc3ccc(O[C@@H](C)CCCCCCC)cc3)c(C#Cc3ccc(O[C@@H](C)CCCCCCC)cc3)c2C#Cc2ccc(O[C@@H](C)CCCCCCC)cc2)cc1. The third kappa shape index (κ3) is 36.5. The van der Waals surface area contributed by atoms with Crippen LogP contribution >= 0.6 is 0 Å². The molecule has 0 heterocycles. The maximum absolute atomic E-state index is 6.53. The average Bonchev–Trinajstić information content (AvgIpc) is 0.761. The maximum atomic E-state index is 6.53. The maximum Gasteiger partial charge on any atom is 0.119 e. The summed E-state index contributed by atoms with van der Waals surface area (Å²) in [5.41, 5.74) is 8.23. The van der Waals surface area contributed by atoms with E-state index in [1.54, 1.807) is 0 Å². The molecule has 0 fully saturated rings. The Morgan fingerprint density at radius 2 is 0.289 bits per heavy atom. The molecule has 6 nitrogen and oxygen atoms in total. The van der Waals surface area contributed by atoms with E-state index >= 15 is 0 Å². The van der Waals surface area contributed by atoms with Crippen LogP contribution in [0.4, 0.5) is 0 Å². The summed E-state index contributed by atoms with van der Waals surface area (Å²) in [4.78, 5) is 0. The van der Waals surface area contributed by atoms with Crippen molar-refractivity contribution in [1.82, 2.24) is 0 Å². The molecule has 0 radical (unpaired) electrons. The Labute approximate surface area is 693 Å². The molecule has 0 N–H and O–H groups in total. The monoisotopic (exact) mass is 1530 g/mol. The second-order valence-electron chi connectivity index (χ2n) is 31.7. The van der Waals surface area contributed by atoms with E-state index < -0.39 is 0 Å². The van der Waals surface area contributed by atoms with E-state index in [-0.39, 0.29) is 36.6 Å². The second-order valence-corrected chi connectivity index (χ2v) is 31.7. The molecule has 0 aliphatic rings. The van der Waals surface area contributed by atoms with Gasteiger partial charge in [0.05, 0.1) is 70.0 Å². The molecule has 0 aliphatic carbocycles. The van der Waals surface area contributed by atoms with Crippen molar-refractivity contribution in [3.05, 3.63) is 212 Å². The van der Waals surface area contributed by atoms with Crippen LogP contribution in [0.25, 0.3) is 0 Å². The van der Waals surface area contributed by atoms with E-state index in [1.165, 1.54) is 154 Å². The largest absolute Gasteiger partial charge is 0.491 e. The summed E-state index contributed by atoms with van der Waals surface area (Å²) in [6.07, 6.45) is 43.1. The summed E-state index contributed by atoms with van der Waals surface area (Å²) < 4.78 is 39.2. The highest BCUT2D eigenvalue weighted by molar-refractivity contribution is 5.79. The fraction of sp³-hybridized carbons (Fsp3) is 0.500. The summed E-state index contributed by atoms with van der Waals surface area (Å²) in [6, 6.07) is 48.8. The summed E-state index contributed by atoms with van der Waals surface area (Å²) in [5.74, 6) is 49.1. The minimum atomic E-state index is 0.0768. The third-order valence-electron chi connectivity index (χ3n) is 20.9. The molecular formula is C108H138O6. The van der Waals surface area contributed by atoms with Crippen LogP contribution in [0.1, 0.15) is 381 Å². The first-order chi connectivity index (χ1) is 55.8. The van der Waals surface area contributed by atoms with E-state index in [1.807, 2.05) is 146 Å². The van der Waals surface area contributed by atoms with Crippen molar-refractivity contribution in [2.24, 2.45) is 0 Å². The van der Waals surface area contributed by atoms with Crippen molar-refractivity contribution in [1.29, 1.82) is 0 Å². The van der Waals surface area contributed by atoms with Gasteiger partial charge in [-0.15, -0.1) is 0 Å². The Balaban J connectivity index is 1.51. The van der Waals surface area contributed by atoms with Crippen molar-refractivity contribution < 1.29 is 28.4 Å². The molecule has 6 atom stereocenters. The summed E-state index contributed by atoms with van der Waals surface area (Å²) in [6.45, 7) is 26.6. The molecule has 0 aliphatic heterocycles.